The summed E-state index contributed by atoms with van der Waals surface area (Å²) in [4.78, 5) is 62.4. The van der Waals surface area contributed by atoms with Crippen molar-refractivity contribution < 1.29 is 18.8 Å². The fraction of sp³-hybridized carbons (Fsp3) is 0.389. The first kappa shape index (κ1) is 20.2. The lowest BCUT2D eigenvalue weighted by Gasteiger charge is -2.31. The van der Waals surface area contributed by atoms with Gasteiger partial charge in [0.25, 0.3) is 5.56 Å². The van der Waals surface area contributed by atoms with Gasteiger partial charge in [0.2, 0.25) is 17.5 Å². The van der Waals surface area contributed by atoms with Gasteiger partial charge in [-0.1, -0.05) is 13.8 Å². The second-order valence-corrected chi connectivity index (χ2v) is 6.97. The zero-order chi connectivity index (χ0) is 20.7. The number of H-pyrrole nitrogens is 1. The van der Waals surface area contributed by atoms with Crippen molar-refractivity contribution in [2.45, 2.75) is 34.1 Å². The van der Waals surface area contributed by atoms with E-state index in [1.54, 1.807) is 18.8 Å². The Hall–Kier alpha value is -3.10. The van der Waals surface area contributed by atoms with E-state index in [-0.39, 0.29) is 34.6 Å². The van der Waals surface area contributed by atoms with Gasteiger partial charge in [-0.25, -0.2) is 9.36 Å². The molecule has 2 N–H and O–H groups in total. The van der Waals surface area contributed by atoms with E-state index in [2.05, 4.69) is 5.32 Å². The molecule has 8 nitrogen and oxygen atoms in total. The van der Waals surface area contributed by atoms with Crippen molar-refractivity contribution in [2.75, 3.05) is 7.05 Å². The number of carbonyl (C=O) groups is 3. The average molecular weight is 377 g/mol. The van der Waals surface area contributed by atoms with Gasteiger partial charge in [0.1, 0.15) is 0 Å². The number of Topliss-reactive ketones (excluding diaryl/α,β-unsaturated/α-hetero) is 2. The fourth-order valence-corrected chi connectivity index (χ4v) is 3.27. The first-order valence-corrected chi connectivity index (χ1v) is 8.16. The summed E-state index contributed by atoms with van der Waals surface area (Å²) in [6.45, 7) is 6.20. The van der Waals surface area contributed by atoms with Crippen LogP contribution in [0.5, 0.6) is 0 Å². The molecule has 1 heterocycles. The highest BCUT2D eigenvalue weighted by molar-refractivity contribution is 6.25. The van der Waals surface area contributed by atoms with Crippen LogP contribution in [0.1, 0.15) is 38.9 Å². The molecule has 0 spiro atoms. The minimum Gasteiger partial charge on any atom is -0.385 e. The lowest BCUT2D eigenvalue weighted by atomic mass is 9.72. The van der Waals surface area contributed by atoms with Crippen LogP contribution in [0, 0.1) is 11.2 Å². The highest BCUT2D eigenvalue weighted by atomic mass is 19.1. The molecule has 1 aliphatic rings. The number of nitrogens with zero attached hydrogens (tertiary/aromatic N) is 1. The standard InChI is InChI=1S/C18H20FN3O5/c1-8-12(15(25)13(20-5)9(2)14(8)24)18(3,4)6-11(23)22-7-10(19)16(26)21-17(22)27/h7,20H,6H2,1-5H3,(H,21,26,27). The number of likely N-dealkylation sites (N-methyl/N-ethyl adjacent to an activating group) is 1. The van der Waals surface area contributed by atoms with E-state index < -0.39 is 34.2 Å². The van der Waals surface area contributed by atoms with Crippen LogP contribution in [0.2, 0.25) is 0 Å². The van der Waals surface area contributed by atoms with Gasteiger partial charge >= 0.3 is 5.69 Å². The number of hydrogen-bond donors (Lipinski definition) is 2. The first-order chi connectivity index (χ1) is 12.4. The minimum absolute atomic E-state index is 0.147. The van der Waals surface area contributed by atoms with E-state index >= 15 is 0 Å². The second kappa shape index (κ2) is 6.90. The number of hydrogen-bond acceptors (Lipinski definition) is 6. The summed E-state index contributed by atoms with van der Waals surface area (Å²) in [7, 11) is 1.52. The monoisotopic (exact) mass is 377 g/mol. The number of nitrogens with one attached hydrogen (secondary N) is 2. The molecule has 144 valence electrons. The van der Waals surface area contributed by atoms with Crippen molar-refractivity contribution in [3.05, 3.63) is 55.3 Å². The largest absolute Gasteiger partial charge is 0.385 e. The molecule has 1 aromatic rings. The van der Waals surface area contributed by atoms with Crippen LogP contribution >= 0.6 is 0 Å². The summed E-state index contributed by atoms with van der Waals surface area (Å²) in [5, 5.41) is 2.71. The molecule has 0 fully saturated rings. The predicted molar refractivity (Wildman–Crippen MR) is 94.8 cm³/mol. The summed E-state index contributed by atoms with van der Waals surface area (Å²) >= 11 is 0. The van der Waals surface area contributed by atoms with Gasteiger partial charge in [0, 0.05) is 35.6 Å². The molecule has 0 amide bonds. The van der Waals surface area contributed by atoms with Gasteiger partial charge in [0.05, 0.1) is 11.9 Å². The van der Waals surface area contributed by atoms with E-state index in [0.29, 0.717) is 10.8 Å². The Bertz CT molecular complexity index is 1040. The molecular formula is C18H20FN3O5. The minimum atomic E-state index is -1.28. The number of halogens is 1. The van der Waals surface area contributed by atoms with Crippen molar-refractivity contribution in [2.24, 2.45) is 5.41 Å². The summed E-state index contributed by atoms with van der Waals surface area (Å²) in [6, 6.07) is 0. The maximum Gasteiger partial charge on any atom is 0.335 e. The Morgan fingerprint density at radius 3 is 2.30 bits per heavy atom. The van der Waals surface area contributed by atoms with E-state index in [9.17, 15) is 28.4 Å². The normalized spacial score (nSPS) is 15.5. The van der Waals surface area contributed by atoms with E-state index in [1.807, 2.05) is 0 Å². The van der Waals surface area contributed by atoms with Gasteiger partial charge in [-0.05, 0) is 13.8 Å². The van der Waals surface area contributed by atoms with Crippen LogP contribution in [-0.4, -0.2) is 34.1 Å². The molecule has 9 heteroatoms. The number of rotatable bonds is 4. The molecule has 27 heavy (non-hydrogen) atoms. The summed E-state index contributed by atoms with van der Waals surface area (Å²) in [5.41, 5.74) is -2.64. The first-order valence-electron chi connectivity index (χ1n) is 8.16. The Kier molecular flexibility index (Phi) is 5.17. The maximum absolute atomic E-state index is 13.4. The Morgan fingerprint density at radius 2 is 1.74 bits per heavy atom. The fourth-order valence-electron chi connectivity index (χ4n) is 3.27. The predicted octanol–water partition coefficient (Wildman–Crippen LogP) is 0.694. The average Bonchev–Trinajstić information content (AvgIpc) is 2.56. The van der Waals surface area contributed by atoms with Gasteiger partial charge < -0.3 is 5.32 Å². The molecule has 0 bridgehead atoms. The number of allylic oxidation sites excluding steroid dienone is 3. The van der Waals surface area contributed by atoms with E-state index in [1.165, 1.54) is 20.9 Å². The zero-order valence-electron chi connectivity index (χ0n) is 15.7. The number of ketones is 2. The molecule has 0 unspecified atom stereocenters. The summed E-state index contributed by atoms with van der Waals surface area (Å²) in [6.07, 6.45) is 0.151. The Labute approximate surface area is 153 Å². The third kappa shape index (κ3) is 3.44. The van der Waals surface area contributed by atoms with Crippen LogP contribution in [0.15, 0.2) is 38.2 Å². The van der Waals surface area contributed by atoms with Gasteiger partial charge in [0.15, 0.2) is 5.78 Å². The third-order valence-corrected chi connectivity index (χ3v) is 4.57. The third-order valence-electron chi connectivity index (χ3n) is 4.57. The van der Waals surface area contributed by atoms with Crippen molar-refractivity contribution in [3.8, 4) is 0 Å². The number of aromatic nitrogens is 2. The Morgan fingerprint density at radius 1 is 1.15 bits per heavy atom. The smallest absolute Gasteiger partial charge is 0.335 e. The number of aromatic amines is 1. The van der Waals surface area contributed by atoms with Crippen molar-refractivity contribution in [3.63, 3.8) is 0 Å². The molecule has 0 saturated carbocycles. The van der Waals surface area contributed by atoms with E-state index in [0.717, 1.165) is 0 Å². The maximum atomic E-state index is 13.4. The molecule has 2 rings (SSSR count). The lowest BCUT2D eigenvalue weighted by molar-refractivity contribution is -0.117. The van der Waals surface area contributed by atoms with Gasteiger partial charge in [-0.3, -0.25) is 24.2 Å². The molecule has 0 radical (unpaired) electrons. The molecule has 0 saturated heterocycles. The molecule has 0 aromatic carbocycles. The number of carbonyl (C=O) groups excluding carboxylic acids is 3. The molecule has 1 aliphatic carbocycles. The van der Waals surface area contributed by atoms with Gasteiger partial charge in [-0.15, -0.1) is 0 Å². The van der Waals surface area contributed by atoms with Crippen LogP contribution in [-0.2, 0) is 9.59 Å². The van der Waals surface area contributed by atoms with Crippen LogP contribution < -0.4 is 16.6 Å². The highest BCUT2D eigenvalue weighted by Crippen LogP contribution is 2.38. The van der Waals surface area contributed by atoms with Crippen LogP contribution in [0.4, 0.5) is 4.39 Å². The summed E-state index contributed by atoms with van der Waals surface area (Å²) in [5.74, 6) is -2.83. The van der Waals surface area contributed by atoms with Gasteiger partial charge in [-0.2, -0.15) is 4.39 Å². The molecule has 1 aromatic heterocycles. The molecule has 0 atom stereocenters. The molecular weight excluding hydrogens is 357 g/mol. The van der Waals surface area contributed by atoms with Crippen LogP contribution in [0.25, 0.3) is 0 Å². The van der Waals surface area contributed by atoms with E-state index in [4.69, 9.17) is 0 Å². The van der Waals surface area contributed by atoms with Crippen molar-refractivity contribution in [1.29, 1.82) is 0 Å². The highest BCUT2D eigenvalue weighted by Gasteiger charge is 2.39. The molecule has 0 aliphatic heterocycles. The SMILES string of the molecule is CNC1=C(C)C(=O)C(C)=C(C(C)(C)CC(=O)n2cc(F)c(=O)[nH]c2=O)C1=O. The lowest BCUT2D eigenvalue weighted by Crippen LogP contribution is -2.39. The van der Waals surface area contributed by atoms with Crippen LogP contribution in [0.3, 0.4) is 0 Å². The van der Waals surface area contributed by atoms with Crippen molar-refractivity contribution in [1.82, 2.24) is 14.9 Å². The Balaban J connectivity index is 2.47. The second-order valence-electron chi connectivity index (χ2n) is 6.97. The zero-order valence-corrected chi connectivity index (χ0v) is 15.7. The van der Waals surface area contributed by atoms with Crippen molar-refractivity contribution >= 4 is 17.5 Å². The topological polar surface area (TPSA) is 118 Å². The quantitative estimate of drug-likeness (QED) is 0.746. The summed E-state index contributed by atoms with van der Waals surface area (Å²) < 4.78 is 13.9.